The molecule has 3 aliphatic heterocycles. The van der Waals surface area contributed by atoms with Crippen LogP contribution in [-0.2, 0) is 14.4 Å². The Labute approximate surface area is 241 Å². The predicted octanol–water partition coefficient (Wildman–Crippen LogP) is 5.49. The summed E-state index contributed by atoms with van der Waals surface area (Å²) in [6.45, 7) is 2.50. The average Bonchev–Trinajstić information content (AvgIpc) is 3.58. The second kappa shape index (κ2) is 9.21. The van der Waals surface area contributed by atoms with Crippen molar-refractivity contribution in [2.24, 2.45) is 17.8 Å². The van der Waals surface area contributed by atoms with Crippen LogP contribution in [0.3, 0.4) is 0 Å². The molecule has 4 aliphatic rings. The van der Waals surface area contributed by atoms with Gasteiger partial charge in [-0.2, -0.15) is 0 Å². The summed E-state index contributed by atoms with van der Waals surface area (Å²) in [5.41, 5.74) is 2.72. The molecule has 4 aromatic rings. The summed E-state index contributed by atoms with van der Waals surface area (Å²) in [5, 5.41) is 1.90. The Bertz CT molecular complexity index is 1840. The lowest BCUT2D eigenvalue weighted by molar-refractivity contribution is -0.142. The number of carbonyl (C=O) groups excluding carboxylic acids is 3. The summed E-state index contributed by atoms with van der Waals surface area (Å²) in [6.07, 6.45) is 1.99. The maximum Gasteiger partial charge on any atom is 0.319 e. The van der Waals surface area contributed by atoms with Crippen molar-refractivity contribution in [2.45, 2.75) is 12.8 Å². The van der Waals surface area contributed by atoms with Crippen LogP contribution in [0.25, 0.3) is 16.3 Å². The second-order valence-corrected chi connectivity index (χ2v) is 10.8. The molecule has 1 fully saturated rings. The summed E-state index contributed by atoms with van der Waals surface area (Å²) in [5.74, 6) is -2.21. The third kappa shape index (κ3) is 3.51. The highest BCUT2D eigenvalue weighted by Gasteiger charge is 2.60. The molecular weight excluding hydrogens is 534 g/mol. The van der Waals surface area contributed by atoms with Gasteiger partial charge < -0.3 is 18.9 Å². The Hall–Kier alpha value is -5.11. The zero-order valence-corrected chi connectivity index (χ0v) is 22.6. The highest BCUT2D eigenvalue weighted by molar-refractivity contribution is 6.25. The van der Waals surface area contributed by atoms with E-state index in [9.17, 15) is 14.4 Å². The molecule has 1 saturated heterocycles. The molecule has 0 bridgehead atoms. The summed E-state index contributed by atoms with van der Waals surface area (Å²) in [4.78, 5) is 43.4. The number of nitrogens with zero attached hydrogens (tertiary/aromatic N) is 1. The van der Waals surface area contributed by atoms with Crippen LogP contribution in [0.15, 0.2) is 84.9 Å². The maximum absolute atomic E-state index is 14.3. The Kier molecular flexibility index (Phi) is 5.41. The first kappa shape index (κ1) is 24.7. The number of benzene rings is 4. The van der Waals surface area contributed by atoms with Crippen molar-refractivity contribution in [3.05, 3.63) is 96.1 Å². The molecule has 2 amide bonds. The monoisotopic (exact) mass is 559 g/mol. The minimum Gasteiger partial charge on any atom is -0.494 e. The lowest BCUT2D eigenvalue weighted by Gasteiger charge is -2.38. The van der Waals surface area contributed by atoms with Crippen LogP contribution in [0.4, 0.5) is 5.69 Å². The van der Waals surface area contributed by atoms with Gasteiger partial charge in [0.1, 0.15) is 11.5 Å². The first-order valence-corrected chi connectivity index (χ1v) is 14.0. The standard InChI is InChI=1S/C34H25NO7/c1-2-39-21-11-9-20(10-12-21)35-32(36)29-23(19-8-13-25-27(15-19)41-17-40-25)16-24-28-22-6-4-3-5-18(22)7-14-26(28)42-34(38)30(24)31(29)33(35)37/h3-16,23,29-31H,2,17H2,1H3/t23-,29-,30-,31+/m1/s1. The Morgan fingerprint density at radius 3 is 2.43 bits per heavy atom. The van der Waals surface area contributed by atoms with E-state index in [1.165, 1.54) is 4.90 Å². The summed E-state index contributed by atoms with van der Waals surface area (Å²) in [6, 6.07) is 24.0. The number of hydrogen-bond acceptors (Lipinski definition) is 7. The third-order valence-electron chi connectivity index (χ3n) is 8.67. The van der Waals surface area contributed by atoms with Crippen LogP contribution >= 0.6 is 0 Å². The van der Waals surface area contributed by atoms with E-state index in [0.29, 0.717) is 40.9 Å². The van der Waals surface area contributed by atoms with E-state index in [2.05, 4.69) is 0 Å². The number of amides is 2. The Morgan fingerprint density at radius 1 is 0.833 bits per heavy atom. The van der Waals surface area contributed by atoms with Crippen molar-refractivity contribution in [1.29, 1.82) is 0 Å². The van der Waals surface area contributed by atoms with Gasteiger partial charge in [0, 0.05) is 11.5 Å². The quantitative estimate of drug-likeness (QED) is 0.186. The number of hydrogen-bond donors (Lipinski definition) is 0. The van der Waals surface area contributed by atoms with Gasteiger partial charge in [-0.05, 0) is 71.3 Å². The molecule has 0 radical (unpaired) electrons. The van der Waals surface area contributed by atoms with Gasteiger partial charge >= 0.3 is 5.97 Å². The number of rotatable bonds is 4. The largest absolute Gasteiger partial charge is 0.494 e. The predicted molar refractivity (Wildman–Crippen MR) is 153 cm³/mol. The molecule has 0 unspecified atom stereocenters. The molecule has 0 N–H and O–H groups in total. The number of ether oxygens (including phenoxy) is 4. The molecule has 3 heterocycles. The number of imide groups is 1. The van der Waals surface area contributed by atoms with Crippen molar-refractivity contribution in [3.63, 3.8) is 0 Å². The molecule has 1 aliphatic carbocycles. The minimum atomic E-state index is -0.945. The van der Waals surface area contributed by atoms with Crippen molar-refractivity contribution in [3.8, 4) is 23.0 Å². The van der Waals surface area contributed by atoms with E-state index in [4.69, 9.17) is 18.9 Å². The van der Waals surface area contributed by atoms with Crippen LogP contribution < -0.4 is 23.8 Å². The van der Waals surface area contributed by atoms with Gasteiger partial charge in [-0.1, -0.05) is 42.5 Å². The van der Waals surface area contributed by atoms with Crippen molar-refractivity contribution in [2.75, 3.05) is 18.3 Å². The highest BCUT2D eigenvalue weighted by Crippen LogP contribution is 2.56. The van der Waals surface area contributed by atoms with E-state index in [1.54, 1.807) is 30.3 Å². The van der Waals surface area contributed by atoms with Gasteiger partial charge in [-0.3, -0.25) is 14.4 Å². The topological polar surface area (TPSA) is 91.4 Å². The highest BCUT2D eigenvalue weighted by atomic mass is 16.7. The molecule has 8 rings (SSSR count). The Balaban J connectivity index is 1.32. The molecule has 208 valence electrons. The second-order valence-electron chi connectivity index (χ2n) is 10.8. The minimum absolute atomic E-state index is 0.118. The fraction of sp³-hybridized carbons (Fsp3) is 0.206. The summed E-state index contributed by atoms with van der Waals surface area (Å²) in [7, 11) is 0. The first-order chi connectivity index (χ1) is 20.5. The van der Waals surface area contributed by atoms with E-state index in [-0.39, 0.29) is 12.7 Å². The van der Waals surface area contributed by atoms with Crippen molar-refractivity contribution >= 4 is 39.8 Å². The molecule has 8 heteroatoms. The van der Waals surface area contributed by atoms with E-state index in [1.807, 2.05) is 61.5 Å². The number of esters is 1. The lowest BCUT2D eigenvalue weighted by Crippen LogP contribution is -2.42. The van der Waals surface area contributed by atoms with Gasteiger partial charge in [-0.25, -0.2) is 4.90 Å². The summed E-state index contributed by atoms with van der Waals surface area (Å²) < 4.78 is 22.6. The average molecular weight is 560 g/mol. The van der Waals surface area contributed by atoms with Gasteiger partial charge in [0.25, 0.3) is 0 Å². The van der Waals surface area contributed by atoms with Gasteiger partial charge in [-0.15, -0.1) is 0 Å². The molecule has 8 nitrogen and oxygen atoms in total. The lowest BCUT2D eigenvalue weighted by atomic mass is 9.64. The van der Waals surface area contributed by atoms with Gasteiger partial charge in [0.05, 0.1) is 30.0 Å². The first-order valence-electron chi connectivity index (χ1n) is 14.0. The van der Waals surface area contributed by atoms with Crippen LogP contribution in [0.5, 0.6) is 23.0 Å². The zero-order chi connectivity index (χ0) is 28.5. The fourth-order valence-corrected chi connectivity index (χ4v) is 6.89. The van der Waals surface area contributed by atoms with E-state index in [0.717, 1.165) is 21.9 Å². The van der Waals surface area contributed by atoms with Crippen molar-refractivity contribution in [1.82, 2.24) is 0 Å². The van der Waals surface area contributed by atoms with Gasteiger partial charge in [0.2, 0.25) is 18.6 Å². The number of anilines is 1. The molecule has 0 saturated carbocycles. The number of fused-ring (bicyclic) bond motifs is 8. The normalized spacial score (nSPS) is 23.7. The molecule has 0 spiro atoms. The SMILES string of the molecule is CCOc1ccc(N2C(=O)[C@@H]3[C@@H]4C(=O)Oc5ccc6ccccc6c5C4=C[C@H](c4ccc5c(c4)OCO5)[C@H]3C2=O)cc1. The van der Waals surface area contributed by atoms with E-state index >= 15 is 0 Å². The van der Waals surface area contributed by atoms with Crippen LogP contribution in [-0.4, -0.2) is 31.2 Å². The molecule has 42 heavy (non-hydrogen) atoms. The van der Waals surface area contributed by atoms with Crippen LogP contribution in [0, 0.1) is 17.8 Å². The zero-order valence-electron chi connectivity index (χ0n) is 22.6. The third-order valence-corrected chi connectivity index (χ3v) is 8.67. The molecule has 0 aromatic heterocycles. The molecule has 4 aromatic carbocycles. The Morgan fingerprint density at radius 2 is 1.60 bits per heavy atom. The fourth-order valence-electron chi connectivity index (χ4n) is 6.89. The number of carbonyl (C=O) groups is 3. The smallest absolute Gasteiger partial charge is 0.319 e. The van der Waals surface area contributed by atoms with Crippen molar-refractivity contribution < 1.29 is 33.3 Å². The summed E-state index contributed by atoms with van der Waals surface area (Å²) >= 11 is 0. The maximum atomic E-state index is 14.3. The van der Waals surface area contributed by atoms with E-state index < -0.39 is 35.5 Å². The number of allylic oxidation sites excluding steroid dienone is 1. The van der Waals surface area contributed by atoms with Crippen LogP contribution in [0.2, 0.25) is 0 Å². The molecule has 4 atom stereocenters. The van der Waals surface area contributed by atoms with Gasteiger partial charge in [0.15, 0.2) is 11.5 Å². The molecular formula is C34H25NO7. The van der Waals surface area contributed by atoms with Crippen LogP contribution in [0.1, 0.15) is 24.0 Å².